The second-order valence-electron chi connectivity index (χ2n) is 6.72. The second kappa shape index (κ2) is 7.33. The van der Waals surface area contributed by atoms with Crippen molar-refractivity contribution in [1.82, 2.24) is 0 Å². The topological polar surface area (TPSA) is 110 Å². The highest BCUT2D eigenvalue weighted by Gasteiger charge is 2.34. The van der Waals surface area contributed by atoms with Gasteiger partial charge in [0.25, 0.3) is 0 Å². The lowest BCUT2D eigenvalue weighted by Gasteiger charge is -2.33. The van der Waals surface area contributed by atoms with Crippen LogP contribution in [0.3, 0.4) is 0 Å². The molecule has 0 unspecified atom stereocenters. The van der Waals surface area contributed by atoms with E-state index in [1.807, 2.05) is 0 Å². The Labute approximate surface area is 151 Å². The summed E-state index contributed by atoms with van der Waals surface area (Å²) in [5.74, 6) is -0.300. The molecular formula is C20H24O6. The SMILES string of the molecule is CCCCCc1c(O)cc(O)c2c1O[C@H](c1ccc(O)c(O)c1)[C@H](O)C2. The molecule has 0 aliphatic carbocycles. The highest BCUT2D eigenvalue weighted by molar-refractivity contribution is 5.58. The Bertz CT molecular complexity index is 801. The molecule has 0 amide bonds. The third kappa shape index (κ3) is 3.37. The van der Waals surface area contributed by atoms with E-state index in [2.05, 4.69) is 6.92 Å². The van der Waals surface area contributed by atoms with Gasteiger partial charge in [0.05, 0.1) is 6.10 Å². The minimum Gasteiger partial charge on any atom is -0.507 e. The Balaban J connectivity index is 1.99. The van der Waals surface area contributed by atoms with E-state index in [4.69, 9.17) is 4.74 Å². The van der Waals surface area contributed by atoms with Crippen LogP contribution < -0.4 is 4.74 Å². The molecule has 5 N–H and O–H groups in total. The smallest absolute Gasteiger partial charge is 0.157 e. The standard InChI is InChI=1S/C20H24O6/c1-2-3-4-5-12-15(22)10-16(23)13-9-18(25)19(26-20(12)13)11-6-7-14(21)17(24)8-11/h6-8,10,18-19,21-25H,2-5,9H2,1H3/t18-,19-/m1/s1. The van der Waals surface area contributed by atoms with E-state index >= 15 is 0 Å². The molecule has 0 spiro atoms. The van der Waals surface area contributed by atoms with Gasteiger partial charge in [0.2, 0.25) is 0 Å². The van der Waals surface area contributed by atoms with E-state index in [1.54, 1.807) is 6.07 Å². The van der Waals surface area contributed by atoms with Crippen LogP contribution in [0, 0.1) is 0 Å². The normalized spacial score (nSPS) is 19.0. The van der Waals surface area contributed by atoms with Gasteiger partial charge in [-0.25, -0.2) is 0 Å². The number of aliphatic hydroxyl groups excluding tert-OH is 1. The van der Waals surface area contributed by atoms with Gasteiger partial charge in [-0.1, -0.05) is 25.8 Å². The molecule has 3 rings (SSSR count). The fourth-order valence-electron chi connectivity index (χ4n) is 3.38. The van der Waals surface area contributed by atoms with Crippen LogP contribution in [0.5, 0.6) is 28.7 Å². The van der Waals surface area contributed by atoms with E-state index in [9.17, 15) is 25.5 Å². The number of aromatic hydroxyl groups is 4. The maximum Gasteiger partial charge on any atom is 0.157 e. The summed E-state index contributed by atoms with van der Waals surface area (Å²) in [6.07, 6.45) is 1.96. The Morgan fingerprint density at radius 2 is 1.73 bits per heavy atom. The van der Waals surface area contributed by atoms with Crippen molar-refractivity contribution in [3.05, 3.63) is 41.0 Å². The summed E-state index contributed by atoms with van der Waals surface area (Å²) in [7, 11) is 0. The highest BCUT2D eigenvalue weighted by Crippen LogP contribution is 2.46. The summed E-state index contributed by atoms with van der Waals surface area (Å²) < 4.78 is 5.99. The fraction of sp³-hybridized carbons (Fsp3) is 0.400. The molecule has 6 heteroatoms. The summed E-state index contributed by atoms with van der Waals surface area (Å²) in [5, 5.41) is 50.1. The van der Waals surface area contributed by atoms with Gasteiger partial charge in [-0.15, -0.1) is 0 Å². The van der Waals surface area contributed by atoms with Gasteiger partial charge >= 0.3 is 0 Å². The number of aliphatic hydroxyl groups is 1. The van der Waals surface area contributed by atoms with Crippen molar-refractivity contribution >= 4 is 0 Å². The van der Waals surface area contributed by atoms with Crippen molar-refractivity contribution in [2.24, 2.45) is 0 Å². The van der Waals surface area contributed by atoms with Gasteiger partial charge < -0.3 is 30.3 Å². The monoisotopic (exact) mass is 360 g/mol. The molecule has 0 saturated heterocycles. The zero-order valence-electron chi connectivity index (χ0n) is 14.6. The highest BCUT2D eigenvalue weighted by atomic mass is 16.5. The van der Waals surface area contributed by atoms with Crippen LogP contribution in [0.2, 0.25) is 0 Å². The molecule has 140 valence electrons. The van der Waals surface area contributed by atoms with Gasteiger partial charge in [0.15, 0.2) is 11.5 Å². The largest absolute Gasteiger partial charge is 0.507 e. The van der Waals surface area contributed by atoms with Gasteiger partial charge in [0.1, 0.15) is 23.4 Å². The molecule has 0 aromatic heterocycles. The number of hydrogen-bond acceptors (Lipinski definition) is 6. The number of phenolic OH excluding ortho intramolecular Hbond substituents is 4. The van der Waals surface area contributed by atoms with Crippen molar-refractivity contribution in [2.45, 2.75) is 51.2 Å². The van der Waals surface area contributed by atoms with Gasteiger partial charge in [-0.05, 0) is 30.5 Å². The summed E-state index contributed by atoms with van der Waals surface area (Å²) in [6.45, 7) is 2.09. The fourth-order valence-corrected chi connectivity index (χ4v) is 3.38. The number of phenols is 4. The molecule has 1 heterocycles. The summed E-state index contributed by atoms with van der Waals surface area (Å²) in [6, 6.07) is 5.53. The number of rotatable bonds is 5. The molecule has 2 aromatic carbocycles. The van der Waals surface area contributed by atoms with Crippen molar-refractivity contribution < 1.29 is 30.3 Å². The summed E-state index contributed by atoms with van der Waals surface area (Å²) in [5.41, 5.74) is 1.59. The van der Waals surface area contributed by atoms with E-state index in [1.165, 1.54) is 18.2 Å². The first kappa shape index (κ1) is 18.2. The lowest BCUT2D eigenvalue weighted by Crippen LogP contribution is -2.31. The molecule has 0 saturated carbocycles. The third-order valence-electron chi connectivity index (χ3n) is 4.81. The Hall–Kier alpha value is -2.60. The second-order valence-corrected chi connectivity index (χ2v) is 6.72. The average Bonchev–Trinajstić information content (AvgIpc) is 2.60. The zero-order chi connectivity index (χ0) is 18.8. The van der Waals surface area contributed by atoms with Crippen molar-refractivity contribution in [3.8, 4) is 28.7 Å². The van der Waals surface area contributed by atoms with Crippen molar-refractivity contribution in [3.63, 3.8) is 0 Å². The number of unbranched alkanes of at least 4 members (excludes halogenated alkanes) is 2. The maximum atomic E-state index is 10.5. The third-order valence-corrected chi connectivity index (χ3v) is 4.81. The number of benzene rings is 2. The van der Waals surface area contributed by atoms with Crippen molar-refractivity contribution in [1.29, 1.82) is 0 Å². The van der Waals surface area contributed by atoms with Crippen molar-refractivity contribution in [2.75, 3.05) is 0 Å². The van der Waals surface area contributed by atoms with E-state index < -0.39 is 12.2 Å². The van der Waals surface area contributed by atoms with Crippen LogP contribution in [0.25, 0.3) is 0 Å². The molecule has 6 nitrogen and oxygen atoms in total. The molecule has 0 bridgehead atoms. The molecule has 1 aliphatic heterocycles. The van der Waals surface area contributed by atoms with Gasteiger partial charge in [-0.3, -0.25) is 0 Å². The Morgan fingerprint density at radius 1 is 0.962 bits per heavy atom. The van der Waals surface area contributed by atoms with Crippen LogP contribution >= 0.6 is 0 Å². The molecule has 2 aromatic rings. The quantitative estimate of drug-likeness (QED) is 0.413. The first-order chi connectivity index (χ1) is 12.4. The van der Waals surface area contributed by atoms with Gasteiger partial charge in [-0.2, -0.15) is 0 Å². The Morgan fingerprint density at radius 3 is 2.42 bits per heavy atom. The number of hydrogen-bond donors (Lipinski definition) is 5. The van der Waals surface area contributed by atoms with Crippen LogP contribution in [-0.4, -0.2) is 31.6 Å². The number of fused-ring (bicyclic) bond motifs is 1. The van der Waals surface area contributed by atoms with Crippen LogP contribution in [0.15, 0.2) is 24.3 Å². The van der Waals surface area contributed by atoms with Crippen LogP contribution in [0.1, 0.15) is 49.0 Å². The lowest BCUT2D eigenvalue weighted by molar-refractivity contribution is 0.0189. The molecule has 0 radical (unpaired) electrons. The van der Waals surface area contributed by atoms with E-state index in [0.29, 0.717) is 28.9 Å². The number of ether oxygens (including phenoxy) is 1. The molecule has 2 atom stereocenters. The average molecular weight is 360 g/mol. The minimum absolute atomic E-state index is 0.0268. The van der Waals surface area contributed by atoms with Gasteiger partial charge in [0, 0.05) is 23.6 Å². The predicted molar refractivity (Wildman–Crippen MR) is 95.9 cm³/mol. The zero-order valence-corrected chi connectivity index (χ0v) is 14.6. The molecule has 0 fully saturated rings. The first-order valence-corrected chi connectivity index (χ1v) is 8.85. The first-order valence-electron chi connectivity index (χ1n) is 8.85. The minimum atomic E-state index is -0.939. The van der Waals surface area contributed by atoms with Crippen LogP contribution in [-0.2, 0) is 12.8 Å². The van der Waals surface area contributed by atoms with E-state index in [0.717, 1.165) is 19.3 Å². The summed E-state index contributed by atoms with van der Waals surface area (Å²) >= 11 is 0. The molecule has 1 aliphatic rings. The maximum absolute atomic E-state index is 10.5. The molecule has 26 heavy (non-hydrogen) atoms. The lowest BCUT2D eigenvalue weighted by atomic mass is 9.91. The molecular weight excluding hydrogens is 336 g/mol. The Kier molecular flexibility index (Phi) is 5.13. The summed E-state index contributed by atoms with van der Waals surface area (Å²) in [4.78, 5) is 0. The van der Waals surface area contributed by atoms with E-state index in [-0.39, 0.29) is 29.4 Å². The predicted octanol–water partition coefficient (Wildman–Crippen LogP) is 3.28. The van der Waals surface area contributed by atoms with Crippen LogP contribution in [0.4, 0.5) is 0 Å².